The maximum atomic E-state index is 12.4. The minimum absolute atomic E-state index is 0.177. The van der Waals surface area contributed by atoms with Crippen LogP contribution in [0.4, 0.5) is 17.3 Å². The van der Waals surface area contributed by atoms with Crippen LogP contribution in [0.25, 0.3) is 0 Å². The SMILES string of the molecule is COC(=O)c1cccc(Nc2nccc(C(=O)Nc3cccc(Cl)c3)n2)c1. The number of carbonyl (C=O) groups excluding carboxylic acids is 2. The number of nitrogens with zero attached hydrogens (tertiary/aromatic N) is 2. The third-order valence-corrected chi connectivity index (χ3v) is 3.75. The monoisotopic (exact) mass is 382 g/mol. The molecule has 0 bridgehead atoms. The molecule has 3 rings (SSSR count). The van der Waals surface area contributed by atoms with Gasteiger partial charge in [-0.1, -0.05) is 23.7 Å². The molecular weight excluding hydrogens is 368 g/mol. The zero-order valence-electron chi connectivity index (χ0n) is 14.3. The molecule has 0 aliphatic carbocycles. The second-order valence-corrected chi connectivity index (χ2v) is 5.86. The summed E-state index contributed by atoms with van der Waals surface area (Å²) in [5.74, 6) is -0.629. The van der Waals surface area contributed by atoms with Gasteiger partial charge in [0.1, 0.15) is 5.69 Å². The fraction of sp³-hybridized carbons (Fsp3) is 0.0526. The molecule has 27 heavy (non-hydrogen) atoms. The van der Waals surface area contributed by atoms with Crippen molar-refractivity contribution in [1.82, 2.24) is 9.97 Å². The van der Waals surface area contributed by atoms with Crippen molar-refractivity contribution in [2.24, 2.45) is 0 Å². The molecule has 8 heteroatoms. The highest BCUT2D eigenvalue weighted by atomic mass is 35.5. The topological polar surface area (TPSA) is 93.2 Å². The fourth-order valence-electron chi connectivity index (χ4n) is 2.28. The molecule has 136 valence electrons. The Labute approximate surface area is 160 Å². The van der Waals surface area contributed by atoms with Crippen molar-refractivity contribution < 1.29 is 14.3 Å². The first-order valence-corrected chi connectivity index (χ1v) is 8.28. The van der Waals surface area contributed by atoms with Crippen LogP contribution in [0.15, 0.2) is 60.8 Å². The number of halogens is 1. The first-order valence-electron chi connectivity index (χ1n) is 7.90. The molecule has 0 fully saturated rings. The van der Waals surface area contributed by atoms with Crippen molar-refractivity contribution in [3.63, 3.8) is 0 Å². The quantitative estimate of drug-likeness (QED) is 0.650. The molecule has 0 spiro atoms. The Morgan fingerprint density at radius 2 is 1.81 bits per heavy atom. The van der Waals surface area contributed by atoms with Crippen molar-refractivity contribution in [3.05, 3.63) is 77.1 Å². The van der Waals surface area contributed by atoms with E-state index in [4.69, 9.17) is 16.3 Å². The largest absolute Gasteiger partial charge is 0.465 e. The van der Waals surface area contributed by atoms with Crippen molar-refractivity contribution in [2.45, 2.75) is 0 Å². The van der Waals surface area contributed by atoms with Crippen LogP contribution in [-0.4, -0.2) is 29.0 Å². The molecule has 7 nitrogen and oxygen atoms in total. The van der Waals surface area contributed by atoms with Crippen LogP contribution in [-0.2, 0) is 4.74 Å². The molecule has 2 N–H and O–H groups in total. The Morgan fingerprint density at radius 3 is 2.59 bits per heavy atom. The van der Waals surface area contributed by atoms with Crippen LogP contribution in [0.5, 0.6) is 0 Å². The highest BCUT2D eigenvalue weighted by molar-refractivity contribution is 6.30. The van der Waals surface area contributed by atoms with E-state index in [9.17, 15) is 9.59 Å². The first kappa shape index (κ1) is 18.3. The molecule has 0 aliphatic heterocycles. The van der Waals surface area contributed by atoms with Gasteiger partial charge in [0.15, 0.2) is 0 Å². The van der Waals surface area contributed by atoms with Gasteiger partial charge < -0.3 is 15.4 Å². The summed E-state index contributed by atoms with van der Waals surface area (Å²) in [7, 11) is 1.31. The van der Waals surface area contributed by atoms with E-state index >= 15 is 0 Å². The lowest BCUT2D eigenvalue weighted by Crippen LogP contribution is -2.14. The van der Waals surface area contributed by atoms with Crippen molar-refractivity contribution in [1.29, 1.82) is 0 Å². The van der Waals surface area contributed by atoms with Crippen molar-refractivity contribution >= 4 is 40.8 Å². The molecule has 0 saturated carbocycles. The number of esters is 1. The number of hydrogen-bond donors (Lipinski definition) is 2. The summed E-state index contributed by atoms with van der Waals surface area (Å²) in [6.45, 7) is 0. The van der Waals surface area contributed by atoms with Gasteiger partial charge in [-0.2, -0.15) is 0 Å². The second kappa shape index (κ2) is 8.29. The van der Waals surface area contributed by atoms with E-state index in [0.717, 1.165) is 0 Å². The predicted octanol–water partition coefficient (Wildman–Crippen LogP) is 3.91. The third kappa shape index (κ3) is 4.80. The van der Waals surface area contributed by atoms with Crippen LogP contribution >= 0.6 is 11.6 Å². The van der Waals surface area contributed by atoms with E-state index in [0.29, 0.717) is 22.0 Å². The van der Waals surface area contributed by atoms with E-state index < -0.39 is 11.9 Å². The Bertz CT molecular complexity index is 994. The number of amides is 1. The number of anilines is 3. The molecule has 2 aromatic carbocycles. The van der Waals surface area contributed by atoms with E-state index in [-0.39, 0.29) is 11.6 Å². The van der Waals surface area contributed by atoms with Gasteiger partial charge in [-0.15, -0.1) is 0 Å². The Morgan fingerprint density at radius 1 is 1.04 bits per heavy atom. The summed E-state index contributed by atoms with van der Waals surface area (Å²) in [6.07, 6.45) is 1.46. The Kier molecular flexibility index (Phi) is 5.63. The van der Waals surface area contributed by atoms with E-state index in [1.54, 1.807) is 48.5 Å². The Hall–Kier alpha value is -3.45. The van der Waals surface area contributed by atoms with Crippen LogP contribution in [0.3, 0.4) is 0 Å². The lowest BCUT2D eigenvalue weighted by Gasteiger charge is -2.08. The Balaban J connectivity index is 1.75. The highest BCUT2D eigenvalue weighted by Crippen LogP contribution is 2.17. The third-order valence-electron chi connectivity index (χ3n) is 3.51. The lowest BCUT2D eigenvalue weighted by molar-refractivity contribution is 0.0600. The fourth-order valence-corrected chi connectivity index (χ4v) is 2.47. The number of methoxy groups -OCH3 is 1. The van der Waals surface area contributed by atoms with Gasteiger partial charge in [-0.25, -0.2) is 14.8 Å². The normalized spacial score (nSPS) is 10.1. The van der Waals surface area contributed by atoms with E-state index in [1.165, 1.54) is 19.4 Å². The summed E-state index contributed by atoms with van der Waals surface area (Å²) in [4.78, 5) is 32.3. The molecule has 1 amide bonds. The van der Waals surface area contributed by atoms with Crippen molar-refractivity contribution in [2.75, 3.05) is 17.7 Å². The van der Waals surface area contributed by atoms with Crippen LogP contribution < -0.4 is 10.6 Å². The maximum absolute atomic E-state index is 12.4. The van der Waals surface area contributed by atoms with Gasteiger partial charge in [0.05, 0.1) is 12.7 Å². The summed E-state index contributed by atoms with van der Waals surface area (Å²) in [5, 5.41) is 6.20. The lowest BCUT2D eigenvalue weighted by atomic mass is 10.2. The van der Waals surface area contributed by atoms with Gasteiger partial charge in [-0.05, 0) is 42.5 Å². The number of benzene rings is 2. The average molecular weight is 383 g/mol. The van der Waals surface area contributed by atoms with Gasteiger partial charge in [-0.3, -0.25) is 4.79 Å². The zero-order valence-corrected chi connectivity index (χ0v) is 15.0. The van der Waals surface area contributed by atoms with Crippen molar-refractivity contribution in [3.8, 4) is 0 Å². The van der Waals surface area contributed by atoms with Crippen LogP contribution in [0.2, 0.25) is 5.02 Å². The minimum Gasteiger partial charge on any atom is -0.465 e. The zero-order chi connectivity index (χ0) is 19.2. The standard InChI is InChI=1S/C19H15ClN4O3/c1-27-18(26)12-4-2-6-14(10-12)23-19-21-9-8-16(24-19)17(25)22-15-7-3-5-13(20)11-15/h2-11H,1H3,(H,22,25)(H,21,23,24). The summed E-state index contributed by atoms with van der Waals surface area (Å²) >= 11 is 5.92. The minimum atomic E-state index is -0.450. The molecular formula is C19H15ClN4O3. The molecule has 0 unspecified atom stereocenters. The number of rotatable bonds is 5. The van der Waals surface area contributed by atoms with Gasteiger partial charge >= 0.3 is 5.97 Å². The smallest absolute Gasteiger partial charge is 0.337 e. The summed E-state index contributed by atoms with van der Waals surface area (Å²) < 4.78 is 4.70. The van der Waals surface area contributed by atoms with Gasteiger partial charge in [0.2, 0.25) is 5.95 Å². The molecule has 0 saturated heterocycles. The molecule has 0 atom stereocenters. The van der Waals surface area contributed by atoms with E-state index in [2.05, 4.69) is 20.6 Å². The van der Waals surface area contributed by atoms with Crippen LogP contribution in [0.1, 0.15) is 20.8 Å². The van der Waals surface area contributed by atoms with Gasteiger partial charge in [0.25, 0.3) is 5.91 Å². The molecule has 0 aliphatic rings. The number of nitrogens with one attached hydrogen (secondary N) is 2. The predicted molar refractivity (Wildman–Crippen MR) is 103 cm³/mol. The number of carbonyl (C=O) groups is 2. The summed E-state index contributed by atoms with van der Waals surface area (Å²) in [5.41, 5.74) is 1.71. The average Bonchev–Trinajstić information content (AvgIpc) is 2.68. The molecule has 1 aromatic heterocycles. The highest BCUT2D eigenvalue weighted by Gasteiger charge is 2.11. The second-order valence-electron chi connectivity index (χ2n) is 5.43. The molecule has 0 radical (unpaired) electrons. The number of aromatic nitrogens is 2. The summed E-state index contributed by atoms with van der Waals surface area (Å²) in [6, 6.07) is 15.0. The number of ether oxygens (including phenoxy) is 1. The van der Waals surface area contributed by atoms with Crippen LogP contribution in [0, 0.1) is 0 Å². The molecule has 3 aromatic rings. The number of hydrogen-bond acceptors (Lipinski definition) is 6. The van der Waals surface area contributed by atoms with E-state index in [1.807, 2.05) is 0 Å². The molecule has 1 heterocycles. The first-order chi connectivity index (χ1) is 13.0. The maximum Gasteiger partial charge on any atom is 0.337 e. The van der Waals surface area contributed by atoms with Gasteiger partial charge in [0, 0.05) is 22.6 Å².